The molecule has 0 aliphatic carbocycles. The summed E-state index contributed by atoms with van der Waals surface area (Å²) < 4.78 is 4.95. The third kappa shape index (κ3) is 4.72. The molecule has 0 bridgehead atoms. The van der Waals surface area contributed by atoms with Crippen LogP contribution in [0.1, 0.15) is 6.42 Å². The van der Waals surface area contributed by atoms with Crippen molar-refractivity contribution in [3.63, 3.8) is 0 Å². The molecule has 19 heavy (non-hydrogen) atoms. The Morgan fingerprint density at radius 3 is 2.63 bits per heavy atom. The van der Waals surface area contributed by atoms with Crippen molar-refractivity contribution in [1.29, 1.82) is 0 Å². The van der Waals surface area contributed by atoms with E-state index in [1.165, 1.54) is 0 Å². The van der Waals surface area contributed by atoms with E-state index in [2.05, 4.69) is 20.4 Å². The van der Waals surface area contributed by atoms with Crippen molar-refractivity contribution >= 4 is 5.91 Å². The van der Waals surface area contributed by atoms with Crippen LogP contribution in [0.4, 0.5) is 0 Å². The summed E-state index contributed by atoms with van der Waals surface area (Å²) in [5.41, 5.74) is 0. The van der Waals surface area contributed by atoms with Crippen LogP contribution in [0.15, 0.2) is 0 Å². The summed E-state index contributed by atoms with van der Waals surface area (Å²) in [6.45, 7) is 8.37. The van der Waals surface area contributed by atoms with Gasteiger partial charge in [0, 0.05) is 65.6 Å². The summed E-state index contributed by atoms with van der Waals surface area (Å²) in [4.78, 5) is 16.5. The lowest BCUT2D eigenvalue weighted by Gasteiger charge is -2.43. The standard InChI is InChI=1S/C13H26N4O2/c1-19-8-2-3-15-13(18)11-16-4-6-17(7-5-16)12-9-14-10-12/h12,14H,2-11H2,1H3,(H,15,18). The number of rotatable bonds is 7. The normalized spacial score (nSPS) is 22.2. The van der Waals surface area contributed by atoms with Crippen molar-refractivity contribution in [2.24, 2.45) is 0 Å². The molecule has 1 amide bonds. The molecule has 2 fully saturated rings. The number of amides is 1. The van der Waals surface area contributed by atoms with E-state index in [1.54, 1.807) is 7.11 Å². The maximum atomic E-state index is 11.7. The number of carbonyl (C=O) groups is 1. The van der Waals surface area contributed by atoms with Gasteiger partial charge in [0.05, 0.1) is 6.54 Å². The Kier molecular flexibility index (Phi) is 6.03. The van der Waals surface area contributed by atoms with Gasteiger partial charge in [-0.1, -0.05) is 0 Å². The zero-order valence-electron chi connectivity index (χ0n) is 11.9. The highest BCUT2D eigenvalue weighted by atomic mass is 16.5. The minimum absolute atomic E-state index is 0.134. The summed E-state index contributed by atoms with van der Waals surface area (Å²) in [6, 6.07) is 0.727. The minimum atomic E-state index is 0.134. The molecule has 6 nitrogen and oxygen atoms in total. The lowest BCUT2D eigenvalue weighted by molar-refractivity contribution is -0.122. The fourth-order valence-electron chi connectivity index (χ4n) is 2.52. The topological polar surface area (TPSA) is 56.8 Å². The second-order valence-corrected chi connectivity index (χ2v) is 5.32. The van der Waals surface area contributed by atoms with Crippen molar-refractivity contribution in [2.75, 3.05) is 66.1 Å². The summed E-state index contributed by atoms with van der Waals surface area (Å²) in [7, 11) is 1.68. The van der Waals surface area contributed by atoms with Crippen LogP contribution >= 0.6 is 0 Å². The molecule has 2 aliphatic rings. The molecule has 6 heteroatoms. The molecule has 2 rings (SSSR count). The molecule has 0 atom stereocenters. The predicted molar refractivity (Wildman–Crippen MR) is 74.2 cm³/mol. The number of nitrogens with zero attached hydrogens (tertiary/aromatic N) is 2. The molecule has 2 N–H and O–H groups in total. The number of carbonyl (C=O) groups excluding carboxylic acids is 1. The number of methoxy groups -OCH3 is 1. The highest BCUT2D eigenvalue weighted by Crippen LogP contribution is 2.09. The van der Waals surface area contributed by atoms with Gasteiger partial charge in [-0.15, -0.1) is 0 Å². The van der Waals surface area contributed by atoms with Crippen LogP contribution in [-0.2, 0) is 9.53 Å². The Morgan fingerprint density at radius 1 is 1.32 bits per heavy atom. The van der Waals surface area contributed by atoms with Crippen LogP contribution in [0.3, 0.4) is 0 Å². The first-order valence-electron chi connectivity index (χ1n) is 7.22. The molecule has 2 heterocycles. The van der Waals surface area contributed by atoms with Crippen molar-refractivity contribution in [1.82, 2.24) is 20.4 Å². The first-order valence-corrected chi connectivity index (χ1v) is 7.22. The number of piperazine rings is 1. The van der Waals surface area contributed by atoms with E-state index < -0.39 is 0 Å². The molecule has 0 radical (unpaired) electrons. The fourth-order valence-corrected chi connectivity index (χ4v) is 2.52. The molecule has 0 spiro atoms. The number of hydrogen-bond donors (Lipinski definition) is 2. The van der Waals surface area contributed by atoms with Gasteiger partial charge in [-0.05, 0) is 6.42 Å². The van der Waals surface area contributed by atoms with Gasteiger partial charge in [0.15, 0.2) is 0 Å². The Bertz CT molecular complexity index is 276. The first kappa shape index (κ1) is 14.7. The summed E-state index contributed by atoms with van der Waals surface area (Å²) in [6.07, 6.45) is 0.880. The monoisotopic (exact) mass is 270 g/mol. The zero-order chi connectivity index (χ0) is 13.5. The quantitative estimate of drug-likeness (QED) is 0.565. The zero-order valence-corrected chi connectivity index (χ0v) is 11.9. The molecule has 2 aliphatic heterocycles. The molecular weight excluding hydrogens is 244 g/mol. The average Bonchev–Trinajstić information content (AvgIpc) is 2.35. The summed E-state index contributed by atoms with van der Waals surface area (Å²) in [5, 5.41) is 6.24. The van der Waals surface area contributed by atoms with Crippen molar-refractivity contribution in [3.05, 3.63) is 0 Å². The number of hydrogen-bond acceptors (Lipinski definition) is 5. The van der Waals surface area contributed by atoms with E-state index in [0.29, 0.717) is 19.7 Å². The largest absolute Gasteiger partial charge is 0.385 e. The van der Waals surface area contributed by atoms with E-state index in [4.69, 9.17) is 4.74 Å². The van der Waals surface area contributed by atoms with Gasteiger partial charge >= 0.3 is 0 Å². The van der Waals surface area contributed by atoms with E-state index >= 15 is 0 Å². The Balaban J connectivity index is 1.55. The molecule has 2 saturated heterocycles. The lowest BCUT2D eigenvalue weighted by Crippen LogP contribution is -2.62. The molecule has 0 aromatic rings. The van der Waals surface area contributed by atoms with E-state index in [0.717, 1.165) is 51.7 Å². The van der Waals surface area contributed by atoms with E-state index in [-0.39, 0.29) is 5.91 Å². The second kappa shape index (κ2) is 7.79. The Labute approximate surface area is 115 Å². The van der Waals surface area contributed by atoms with Crippen LogP contribution in [0.25, 0.3) is 0 Å². The summed E-state index contributed by atoms with van der Waals surface area (Å²) >= 11 is 0. The van der Waals surface area contributed by atoms with Gasteiger partial charge in [-0.25, -0.2) is 0 Å². The SMILES string of the molecule is COCCCNC(=O)CN1CCN(C2CNC2)CC1. The fraction of sp³-hybridized carbons (Fsp3) is 0.923. The molecule has 0 aromatic carbocycles. The summed E-state index contributed by atoms with van der Waals surface area (Å²) in [5.74, 6) is 0.134. The lowest BCUT2D eigenvalue weighted by atomic mass is 10.1. The second-order valence-electron chi connectivity index (χ2n) is 5.32. The van der Waals surface area contributed by atoms with Gasteiger partial charge in [0.1, 0.15) is 0 Å². The minimum Gasteiger partial charge on any atom is -0.385 e. The number of ether oxygens (including phenoxy) is 1. The van der Waals surface area contributed by atoms with Crippen LogP contribution in [0.5, 0.6) is 0 Å². The van der Waals surface area contributed by atoms with Crippen molar-refractivity contribution in [3.8, 4) is 0 Å². The van der Waals surface area contributed by atoms with Crippen molar-refractivity contribution < 1.29 is 9.53 Å². The van der Waals surface area contributed by atoms with Gasteiger partial charge in [-0.2, -0.15) is 0 Å². The van der Waals surface area contributed by atoms with E-state index in [9.17, 15) is 4.79 Å². The van der Waals surface area contributed by atoms with E-state index in [1.807, 2.05) is 0 Å². The first-order chi connectivity index (χ1) is 9.29. The van der Waals surface area contributed by atoms with Crippen LogP contribution < -0.4 is 10.6 Å². The molecule has 0 unspecified atom stereocenters. The van der Waals surface area contributed by atoms with Crippen LogP contribution in [0, 0.1) is 0 Å². The molecular formula is C13H26N4O2. The third-order valence-electron chi connectivity index (χ3n) is 3.90. The third-order valence-corrected chi connectivity index (χ3v) is 3.90. The molecule has 110 valence electrons. The molecule has 0 saturated carbocycles. The maximum Gasteiger partial charge on any atom is 0.234 e. The Morgan fingerprint density at radius 2 is 2.05 bits per heavy atom. The van der Waals surface area contributed by atoms with Crippen molar-refractivity contribution in [2.45, 2.75) is 12.5 Å². The highest BCUT2D eigenvalue weighted by molar-refractivity contribution is 5.77. The van der Waals surface area contributed by atoms with Gasteiger partial charge < -0.3 is 15.4 Å². The number of nitrogens with one attached hydrogen (secondary N) is 2. The van der Waals surface area contributed by atoms with Gasteiger partial charge in [-0.3, -0.25) is 14.6 Å². The molecule has 0 aromatic heterocycles. The van der Waals surface area contributed by atoms with Gasteiger partial charge in [0.2, 0.25) is 5.91 Å². The smallest absolute Gasteiger partial charge is 0.234 e. The highest BCUT2D eigenvalue weighted by Gasteiger charge is 2.27. The maximum absolute atomic E-state index is 11.7. The van der Waals surface area contributed by atoms with Crippen LogP contribution in [0.2, 0.25) is 0 Å². The van der Waals surface area contributed by atoms with Crippen LogP contribution in [-0.4, -0.2) is 87.8 Å². The average molecular weight is 270 g/mol. The van der Waals surface area contributed by atoms with Gasteiger partial charge in [0.25, 0.3) is 0 Å². The Hall–Kier alpha value is -0.690. The predicted octanol–water partition coefficient (Wildman–Crippen LogP) is -1.27.